The maximum Gasteiger partial charge on any atom is 0.241 e. The van der Waals surface area contributed by atoms with Crippen molar-refractivity contribution in [2.45, 2.75) is 24.4 Å². The smallest absolute Gasteiger partial charge is 0.241 e. The van der Waals surface area contributed by atoms with Crippen LogP contribution in [-0.4, -0.2) is 32.0 Å². The maximum absolute atomic E-state index is 11.7. The van der Waals surface area contributed by atoms with Crippen LogP contribution < -0.4 is 9.88 Å². The van der Waals surface area contributed by atoms with Crippen LogP contribution in [0.5, 0.6) is 5.75 Å². The van der Waals surface area contributed by atoms with Gasteiger partial charge < -0.3 is 4.74 Å². The van der Waals surface area contributed by atoms with E-state index in [-0.39, 0.29) is 4.90 Å². The Morgan fingerprint density at radius 2 is 2.00 bits per heavy atom. The maximum atomic E-state index is 11.7. The zero-order valence-corrected chi connectivity index (χ0v) is 13.7. The number of nitrogens with zero attached hydrogens (tertiary/aromatic N) is 2. The first-order chi connectivity index (χ1) is 11.0. The molecule has 0 bridgehead atoms. The van der Waals surface area contributed by atoms with Crippen LogP contribution in [-0.2, 0) is 29.5 Å². The highest BCUT2D eigenvalue weighted by atomic mass is 32.2. The van der Waals surface area contributed by atoms with E-state index in [1.54, 1.807) is 24.5 Å². The Balaban J connectivity index is 1.86. The minimum atomic E-state index is -3.79. The summed E-state index contributed by atoms with van der Waals surface area (Å²) in [5.74, 6) is 0.303. The molecule has 2 N–H and O–H groups in total. The first-order valence-electron chi connectivity index (χ1n) is 7.31. The third-order valence-corrected chi connectivity index (χ3v) is 4.97. The van der Waals surface area contributed by atoms with Crippen molar-refractivity contribution in [3.8, 4) is 5.75 Å². The first-order valence-corrected chi connectivity index (χ1v) is 8.86. The van der Waals surface area contributed by atoms with E-state index in [4.69, 9.17) is 9.88 Å². The van der Waals surface area contributed by atoms with Crippen LogP contribution in [0.3, 0.4) is 0 Å². The molecule has 0 unspecified atom stereocenters. The van der Waals surface area contributed by atoms with Crippen molar-refractivity contribution in [1.82, 2.24) is 9.88 Å². The van der Waals surface area contributed by atoms with Gasteiger partial charge in [0, 0.05) is 32.0 Å². The molecule has 0 aliphatic carbocycles. The molecule has 0 radical (unpaired) electrons. The molecule has 0 fully saturated rings. The second kappa shape index (κ2) is 6.27. The number of hydrogen-bond donors (Lipinski definition) is 1. The molecule has 3 rings (SSSR count). The Morgan fingerprint density at radius 1 is 1.26 bits per heavy atom. The number of nitrogens with two attached hydrogens (primary N) is 1. The monoisotopic (exact) mass is 333 g/mol. The molecule has 23 heavy (non-hydrogen) atoms. The number of ether oxygens (including phenoxy) is 1. The average molecular weight is 333 g/mol. The summed E-state index contributed by atoms with van der Waals surface area (Å²) in [5.41, 5.74) is 3.30. The van der Waals surface area contributed by atoms with Gasteiger partial charge in [0.05, 0.1) is 7.11 Å². The van der Waals surface area contributed by atoms with E-state index < -0.39 is 10.0 Å². The van der Waals surface area contributed by atoms with Gasteiger partial charge in [-0.3, -0.25) is 9.88 Å². The topological polar surface area (TPSA) is 85.5 Å². The molecule has 2 heterocycles. The van der Waals surface area contributed by atoms with Crippen LogP contribution in [0, 0.1) is 0 Å². The lowest BCUT2D eigenvalue weighted by molar-refractivity contribution is 0.244. The SMILES string of the molecule is COc1cc2c(cc1S(N)(=O)=O)CCN(Cc1ccncc1)C2. The molecule has 1 aromatic heterocycles. The summed E-state index contributed by atoms with van der Waals surface area (Å²) in [5, 5.41) is 5.27. The lowest BCUT2D eigenvalue weighted by atomic mass is 9.99. The first kappa shape index (κ1) is 15.9. The molecule has 122 valence electrons. The van der Waals surface area contributed by atoms with E-state index in [0.29, 0.717) is 5.75 Å². The Bertz CT molecular complexity index is 807. The minimum Gasteiger partial charge on any atom is -0.495 e. The van der Waals surface area contributed by atoms with E-state index in [2.05, 4.69) is 9.88 Å². The molecule has 0 saturated carbocycles. The number of methoxy groups -OCH3 is 1. The van der Waals surface area contributed by atoms with Crippen LogP contribution in [0.1, 0.15) is 16.7 Å². The predicted octanol–water partition coefficient (Wildman–Crippen LogP) is 1.30. The molecule has 0 atom stereocenters. The average Bonchev–Trinajstić information content (AvgIpc) is 2.53. The summed E-state index contributed by atoms with van der Waals surface area (Å²) in [6.45, 7) is 2.45. The largest absolute Gasteiger partial charge is 0.495 e. The van der Waals surface area contributed by atoms with Crippen molar-refractivity contribution < 1.29 is 13.2 Å². The number of sulfonamides is 1. The van der Waals surface area contributed by atoms with Gasteiger partial charge in [0.15, 0.2) is 0 Å². The normalized spacial score (nSPS) is 15.2. The van der Waals surface area contributed by atoms with Crippen molar-refractivity contribution in [3.05, 3.63) is 53.3 Å². The van der Waals surface area contributed by atoms with Crippen LogP contribution in [0.4, 0.5) is 0 Å². The number of benzene rings is 1. The molecule has 7 heteroatoms. The zero-order chi connectivity index (χ0) is 16.4. The van der Waals surface area contributed by atoms with Gasteiger partial charge in [0.25, 0.3) is 0 Å². The van der Waals surface area contributed by atoms with Crippen LogP contribution in [0.25, 0.3) is 0 Å². The fraction of sp³-hybridized carbons (Fsp3) is 0.312. The van der Waals surface area contributed by atoms with Gasteiger partial charge in [-0.15, -0.1) is 0 Å². The summed E-state index contributed by atoms with van der Waals surface area (Å²) >= 11 is 0. The number of pyridine rings is 1. The molecular weight excluding hydrogens is 314 g/mol. The summed E-state index contributed by atoms with van der Waals surface area (Å²) in [6, 6.07) is 7.43. The van der Waals surface area contributed by atoms with Gasteiger partial charge in [-0.05, 0) is 47.4 Å². The Morgan fingerprint density at radius 3 is 2.65 bits per heavy atom. The highest BCUT2D eigenvalue weighted by Gasteiger charge is 2.22. The summed E-state index contributed by atoms with van der Waals surface area (Å²) in [7, 11) is -2.33. The predicted molar refractivity (Wildman–Crippen MR) is 86.4 cm³/mol. The van der Waals surface area contributed by atoms with Crippen molar-refractivity contribution in [2.24, 2.45) is 5.14 Å². The van der Waals surface area contributed by atoms with Crippen LogP contribution in [0.15, 0.2) is 41.6 Å². The van der Waals surface area contributed by atoms with E-state index in [1.165, 1.54) is 12.7 Å². The van der Waals surface area contributed by atoms with Crippen molar-refractivity contribution in [2.75, 3.05) is 13.7 Å². The van der Waals surface area contributed by atoms with Gasteiger partial charge >= 0.3 is 0 Å². The fourth-order valence-corrected chi connectivity index (χ4v) is 3.62. The second-order valence-corrected chi connectivity index (χ2v) is 7.16. The molecule has 1 aromatic carbocycles. The van der Waals surface area contributed by atoms with E-state index in [9.17, 15) is 8.42 Å². The number of primary sulfonamides is 1. The number of fused-ring (bicyclic) bond motifs is 1. The highest BCUT2D eigenvalue weighted by molar-refractivity contribution is 7.89. The van der Waals surface area contributed by atoms with Crippen LogP contribution >= 0.6 is 0 Å². The van der Waals surface area contributed by atoms with E-state index in [1.807, 2.05) is 12.1 Å². The van der Waals surface area contributed by atoms with Gasteiger partial charge in [-0.25, -0.2) is 13.6 Å². The quantitative estimate of drug-likeness (QED) is 0.911. The van der Waals surface area contributed by atoms with Crippen molar-refractivity contribution in [1.29, 1.82) is 0 Å². The zero-order valence-electron chi connectivity index (χ0n) is 12.9. The molecule has 2 aromatic rings. The van der Waals surface area contributed by atoms with Gasteiger partial charge in [-0.2, -0.15) is 0 Å². The summed E-state index contributed by atoms with van der Waals surface area (Å²) in [6.07, 6.45) is 4.36. The Kier molecular flexibility index (Phi) is 4.34. The molecule has 0 amide bonds. The Hall–Kier alpha value is -1.96. The highest BCUT2D eigenvalue weighted by Crippen LogP contribution is 2.30. The third kappa shape index (κ3) is 3.52. The van der Waals surface area contributed by atoms with Gasteiger partial charge in [0.1, 0.15) is 10.6 Å². The Labute approximate surface area is 136 Å². The molecular formula is C16H19N3O3S. The molecule has 0 saturated heterocycles. The molecule has 1 aliphatic heterocycles. The standard InChI is InChI=1S/C16H19N3O3S/c1-22-15-8-14-11-19(10-12-2-5-18-6-3-12)7-4-13(14)9-16(15)23(17,20)21/h2-3,5-6,8-9H,4,7,10-11H2,1H3,(H2,17,20,21). The molecule has 0 spiro atoms. The number of rotatable bonds is 4. The fourth-order valence-electron chi connectivity index (χ4n) is 2.89. The second-order valence-electron chi connectivity index (χ2n) is 5.63. The number of hydrogen-bond acceptors (Lipinski definition) is 5. The summed E-state index contributed by atoms with van der Waals surface area (Å²) < 4.78 is 28.6. The van der Waals surface area contributed by atoms with Gasteiger partial charge in [0.2, 0.25) is 10.0 Å². The van der Waals surface area contributed by atoms with Crippen molar-refractivity contribution in [3.63, 3.8) is 0 Å². The van der Waals surface area contributed by atoms with E-state index in [0.717, 1.165) is 37.2 Å². The lowest BCUT2D eigenvalue weighted by Crippen LogP contribution is -2.30. The van der Waals surface area contributed by atoms with Crippen molar-refractivity contribution >= 4 is 10.0 Å². The third-order valence-electron chi connectivity index (χ3n) is 4.04. The van der Waals surface area contributed by atoms with E-state index >= 15 is 0 Å². The van der Waals surface area contributed by atoms with Gasteiger partial charge in [-0.1, -0.05) is 0 Å². The number of aromatic nitrogens is 1. The van der Waals surface area contributed by atoms with Crippen LogP contribution in [0.2, 0.25) is 0 Å². The summed E-state index contributed by atoms with van der Waals surface area (Å²) in [4.78, 5) is 6.40. The molecule has 1 aliphatic rings. The lowest BCUT2D eigenvalue weighted by Gasteiger charge is -2.29. The molecule has 6 nitrogen and oxygen atoms in total. The minimum absolute atomic E-state index is 0.0568.